The number of nitrogens with zero attached hydrogens (tertiary/aromatic N) is 4. The maximum Gasteiger partial charge on any atom is 0.422 e. The van der Waals surface area contributed by atoms with Crippen molar-refractivity contribution in [3.8, 4) is 11.5 Å². The van der Waals surface area contributed by atoms with Gasteiger partial charge in [0, 0.05) is 31.7 Å². The second-order valence-corrected chi connectivity index (χ2v) is 13.1. The average Bonchev–Trinajstić information content (AvgIpc) is 2.99. The number of piperidine rings is 2. The number of halogens is 7. The molecule has 47 heavy (non-hydrogen) atoms. The molecule has 14 heteroatoms. The molecule has 2 aromatic carbocycles. The normalized spacial score (nSPS) is 17.2. The van der Waals surface area contributed by atoms with Gasteiger partial charge in [0.05, 0.1) is 18.1 Å². The van der Waals surface area contributed by atoms with Crippen LogP contribution in [0.15, 0.2) is 42.7 Å². The molecule has 0 saturated carbocycles. The van der Waals surface area contributed by atoms with E-state index < -0.39 is 57.8 Å². The van der Waals surface area contributed by atoms with Gasteiger partial charge in [0.15, 0.2) is 17.4 Å². The lowest BCUT2D eigenvalue weighted by Gasteiger charge is -2.49. The molecule has 0 N–H and O–H groups in total. The smallest absolute Gasteiger partial charge is 0.422 e. The third kappa shape index (κ3) is 7.94. The van der Waals surface area contributed by atoms with Crippen molar-refractivity contribution in [1.29, 1.82) is 0 Å². The highest BCUT2D eigenvalue weighted by atomic mass is 35.5. The standard InChI is InChI=1S/C33H33ClF6N4O3/c1-31(2,3)47-30(45)43-14-11-32(12-15-43)10-5-13-44(19-32)29-20(16-22(36)23-17-41-18-26(34)42-23)8-9-24(27(29)33(38,39)40)46-25-7-4-6-21(35)28(25)37/h4,6-9,16-18H,5,10-15,19H2,1-3H3/b22-16-. The summed E-state index contributed by atoms with van der Waals surface area (Å²) in [4.78, 5) is 23.5. The van der Waals surface area contributed by atoms with E-state index in [9.17, 15) is 13.6 Å². The van der Waals surface area contributed by atoms with Crippen molar-refractivity contribution in [2.75, 3.05) is 31.1 Å². The summed E-state index contributed by atoms with van der Waals surface area (Å²) in [5, 5.41) is -0.112. The molecule has 2 aliphatic heterocycles. The molecule has 7 nitrogen and oxygen atoms in total. The van der Waals surface area contributed by atoms with Crippen molar-refractivity contribution in [3.63, 3.8) is 0 Å². The van der Waals surface area contributed by atoms with E-state index in [2.05, 4.69) is 9.97 Å². The Balaban J connectivity index is 1.57. The molecule has 5 rings (SSSR count). The fourth-order valence-corrected chi connectivity index (χ4v) is 6.20. The molecule has 2 fully saturated rings. The van der Waals surface area contributed by atoms with Crippen molar-refractivity contribution >= 4 is 35.3 Å². The third-order valence-electron chi connectivity index (χ3n) is 8.18. The summed E-state index contributed by atoms with van der Waals surface area (Å²) in [6.07, 6.45) is -0.113. The van der Waals surface area contributed by atoms with Gasteiger partial charge >= 0.3 is 12.3 Å². The number of hydrogen-bond acceptors (Lipinski definition) is 6. The predicted octanol–water partition coefficient (Wildman–Crippen LogP) is 9.30. The minimum atomic E-state index is -5.06. The SMILES string of the molecule is CC(C)(C)OC(=O)N1CCC2(CCCN(c3c(/C=C(\F)c4cncc(Cl)n4)ccc(Oc4cccc(F)c4F)c3C(F)(F)F)C2)CC1. The Hall–Kier alpha value is -4.00. The van der Waals surface area contributed by atoms with Gasteiger partial charge in [-0.3, -0.25) is 4.98 Å². The van der Waals surface area contributed by atoms with Gasteiger partial charge in [0.2, 0.25) is 5.82 Å². The number of benzene rings is 2. The number of rotatable bonds is 5. The maximum atomic E-state index is 15.5. The van der Waals surface area contributed by atoms with Gasteiger partial charge in [0.1, 0.15) is 27.8 Å². The molecule has 3 aromatic rings. The summed E-state index contributed by atoms with van der Waals surface area (Å²) in [7, 11) is 0. The lowest BCUT2D eigenvalue weighted by molar-refractivity contribution is -0.138. The minimum Gasteiger partial charge on any atom is -0.453 e. The Bertz CT molecular complexity index is 1670. The molecule has 0 unspecified atom stereocenters. The van der Waals surface area contributed by atoms with Gasteiger partial charge < -0.3 is 19.3 Å². The Morgan fingerprint density at radius 1 is 1.00 bits per heavy atom. The summed E-state index contributed by atoms with van der Waals surface area (Å²) >= 11 is 5.86. The lowest BCUT2D eigenvalue weighted by Crippen LogP contribution is -2.51. The Labute approximate surface area is 273 Å². The van der Waals surface area contributed by atoms with Crippen LogP contribution in [0.25, 0.3) is 11.9 Å². The average molecular weight is 683 g/mol. The first-order valence-corrected chi connectivity index (χ1v) is 15.4. The molecule has 252 valence electrons. The van der Waals surface area contributed by atoms with E-state index in [4.69, 9.17) is 21.1 Å². The van der Waals surface area contributed by atoms with Gasteiger partial charge in [-0.05, 0) is 82.2 Å². The number of alkyl halides is 3. The molecule has 1 amide bonds. The maximum absolute atomic E-state index is 15.5. The van der Waals surface area contributed by atoms with Gasteiger partial charge in [0.25, 0.3) is 0 Å². The number of carbonyl (C=O) groups is 1. The fraction of sp³-hybridized carbons (Fsp3) is 0.424. The molecule has 0 atom stereocenters. The first kappa shape index (κ1) is 34.3. The van der Waals surface area contributed by atoms with Gasteiger partial charge in [-0.2, -0.15) is 17.6 Å². The number of amides is 1. The van der Waals surface area contributed by atoms with E-state index in [0.29, 0.717) is 38.8 Å². The number of carbonyl (C=O) groups excluding carboxylic acids is 1. The van der Waals surface area contributed by atoms with Crippen molar-refractivity contribution in [3.05, 3.63) is 76.3 Å². The molecule has 0 bridgehead atoms. The molecule has 2 aliphatic rings. The summed E-state index contributed by atoms with van der Waals surface area (Å²) in [6, 6.07) is 5.10. The topological polar surface area (TPSA) is 67.8 Å². The van der Waals surface area contributed by atoms with Crippen LogP contribution in [-0.4, -0.2) is 52.7 Å². The van der Waals surface area contributed by atoms with Crippen LogP contribution >= 0.6 is 11.6 Å². The summed E-state index contributed by atoms with van der Waals surface area (Å²) in [5.41, 5.74) is -3.23. The molecular weight excluding hydrogens is 650 g/mol. The molecule has 1 aromatic heterocycles. The Kier molecular flexibility index (Phi) is 9.68. The largest absolute Gasteiger partial charge is 0.453 e. The molecule has 0 aliphatic carbocycles. The quantitative estimate of drug-likeness (QED) is 0.250. The minimum absolute atomic E-state index is 0.112. The number of ether oxygens (including phenoxy) is 2. The van der Waals surface area contributed by atoms with E-state index in [0.717, 1.165) is 36.5 Å². The zero-order chi connectivity index (χ0) is 34.1. The monoisotopic (exact) mass is 682 g/mol. The molecule has 1 spiro atoms. The zero-order valence-corrected chi connectivity index (χ0v) is 26.7. The van der Waals surface area contributed by atoms with Crippen LogP contribution in [0.5, 0.6) is 11.5 Å². The van der Waals surface area contributed by atoms with Crippen LogP contribution in [0.2, 0.25) is 5.15 Å². The Morgan fingerprint density at radius 2 is 1.72 bits per heavy atom. The van der Waals surface area contributed by atoms with Crippen LogP contribution in [-0.2, 0) is 10.9 Å². The number of hydrogen-bond donors (Lipinski definition) is 0. The highest BCUT2D eigenvalue weighted by Gasteiger charge is 2.45. The fourth-order valence-electron chi connectivity index (χ4n) is 6.05. The van der Waals surface area contributed by atoms with Gasteiger partial charge in [-0.25, -0.2) is 18.6 Å². The Morgan fingerprint density at radius 3 is 2.38 bits per heavy atom. The van der Waals surface area contributed by atoms with Crippen molar-refractivity contribution in [1.82, 2.24) is 14.9 Å². The lowest BCUT2D eigenvalue weighted by atomic mass is 9.72. The zero-order valence-electron chi connectivity index (χ0n) is 25.9. The van der Waals surface area contributed by atoms with E-state index >= 15 is 17.6 Å². The summed E-state index contributed by atoms with van der Waals surface area (Å²) < 4.78 is 100. The highest BCUT2D eigenvalue weighted by molar-refractivity contribution is 6.29. The van der Waals surface area contributed by atoms with Crippen LogP contribution in [0.1, 0.15) is 63.3 Å². The van der Waals surface area contributed by atoms with Crippen molar-refractivity contribution < 1.29 is 40.6 Å². The van der Waals surface area contributed by atoms with E-state index in [1.807, 2.05) is 0 Å². The third-order valence-corrected chi connectivity index (χ3v) is 8.36. The second-order valence-electron chi connectivity index (χ2n) is 12.7. The molecule has 0 radical (unpaired) electrons. The van der Waals surface area contributed by atoms with Crippen molar-refractivity contribution in [2.45, 2.75) is 58.2 Å². The van der Waals surface area contributed by atoms with Crippen LogP contribution in [0, 0.1) is 17.0 Å². The number of likely N-dealkylation sites (tertiary alicyclic amines) is 1. The van der Waals surface area contributed by atoms with Crippen LogP contribution in [0.3, 0.4) is 0 Å². The predicted molar refractivity (Wildman–Crippen MR) is 165 cm³/mol. The van der Waals surface area contributed by atoms with Gasteiger partial charge in [-0.1, -0.05) is 17.7 Å². The van der Waals surface area contributed by atoms with E-state index in [1.165, 1.54) is 17.2 Å². The van der Waals surface area contributed by atoms with Crippen LogP contribution in [0.4, 0.5) is 36.8 Å². The first-order chi connectivity index (χ1) is 22.1. The highest BCUT2D eigenvalue weighted by Crippen LogP contribution is 2.50. The van der Waals surface area contributed by atoms with E-state index in [1.54, 1.807) is 25.7 Å². The summed E-state index contributed by atoms with van der Waals surface area (Å²) in [6.45, 7) is 6.36. The summed E-state index contributed by atoms with van der Waals surface area (Å²) in [5.74, 6) is -5.26. The van der Waals surface area contributed by atoms with Gasteiger partial charge in [-0.15, -0.1) is 0 Å². The number of anilines is 1. The number of aromatic nitrogens is 2. The second kappa shape index (κ2) is 13.2. The first-order valence-electron chi connectivity index (χ1n) is 15.0. The molecule has 2 saturated heterocycles. The van der Waals surface area contributed by atoms with Crippen molar-refractivity contribution in [2.24, 2.45) is 5.41 Å². The van der Waals surface area contributed by atoms with Crippen LogP contribution < -0.4 is 9.64 Å². The molecular formula is C33H33ClF6N4O3. The molecule has 3 heterocycles. The van der Waals surface area contributed by atoms with E-state index in [-0.39, 0.29) is 35.2 Å².